The van der Waals surface area contributed by atoms with E-state index in [-0.39, 0.29) is 42.1 Å². The van der Waals surface area contributed by atoms with E-state index in [2.05, 4.69) is 48.3 Å². The molecule has 0 saturated carbocycles. The predicted octanol–water partition coefficient (Wildman–Crippen LogP) is 4.28. The second-order valence-corrected chi connectivity index (χ2v) is 10.9. The molecule has 2 aromatic rings. The summed E-state index contributed by atoms with van der Waals surface area (Å²) >= 11 is 0. The van der Waals surface area contributed by atoms with Crippen LogP contribution in [0.4, 0.5) is 0 Å². The Balaban J connectivity index is 0.00000760. The summed E-state index contributed by atoms with van der Waals surface area (Å²) in [5.41, 5.74) is 1.27. The van der Waals surface area contributed by atoms with E-state index in [1.165, 1.54) is 0 Å². The van der Waals surface area contributed by atoms with Crippen molar-refractivity contribution in [3.63, 3.8) is 0 Å². The van der Waals surface area contributed by atoms with E-state index in [9.17, 15) is 10.2 Å². The fourth-order valence-corrected chi connectivity index (χ4v) is 3.76. The maximum atomic E-state index is 10.3. The summed E-state index contributed by atoms with van der Waals surface area (Å²) in [5, 5.41) is 27.6. The normalized spacial score (nSPS) is 12.2. The van der Waals surface area contributed by atoms with Gasteiger partial charge in [0.15, 0.2) is 23.0 Å². The number of nitrogens with one attached hydrogen (secondary N) is 2. The molecule has 4 N–H and O–H groups in total. The van der Waals surface area contributed by atoms with Crippen molar-refractivity contribution in [2.24, 2.45) is 20.8 Å². The number of phenolic OH excluding ortho intramolecular Hbond substituents is 2. The summed E-state index contributed by atoms with van der Waals surface area (Å²) in [6.45, 7) is 18.1. The summed E-state index contributed by atoms with van der Waals surface area (Å²) < 4.78 is 10.9. The molecule has 0 bridgehead atoms. The molecule has 0 atom stereocenters. The largest absolute Gasteiger partial charge is 3.00 e. The van der Waals surface area contributed by atoms with Gasteiger partial charge in [-0.1, -0.05) is 39.8 Å². The van der Waals surface area contributed by atoms with Gasteiger partial charge in [0, 0.05) is 62.8 Å². The number of ether oxygens (including phenoxy) is 2. The van der Waals surface area contributed by atoms with E-state index in [4.69, 9.17) is 9.47 Å². The minimum absolute atomic E-state index is 0. The van der Waals surface area contributed by atoms with Gasteiger partial charge in [0.05, 0.1) is 13.2 Å². The van der Waals surface area contributed by atoms with Crippen LogP contribution in [-0.4, -0.2) is 94.9 Å². The molecule has 0 saturated heterocycles. The maximum absolute atomic E-state index is 10.3. The fourth-order valence-electron chi connectivity index (χ4n) is 3.76. The van der Waals surface area contributed by atoms with Crippen LogP contribution in [0.3, 0.4) is 0 Å². The van der Waals surface area contributed by atoms with Gasteiger partial charge in [0.1, 0.15) is 0 Å². The molecule has 39 heavy (non-hydrogen) atoms. The Morgan fingerprint density at radius 2 is 1.10 bits per heavy atom. The maximum Gasteiger partial charge on any atom is 3.00 e. The number of hydrogen-bond acceptors (Lipinski definition) is 8. The average molecular weight is 596 g/mol. The van der Waals surface area contributed by atoms with Gasteiger partial charge in [-0.2, -0.15) is 0 Å². The molecule has 0 aliphatic rings. The summed E-state index contributed by atoms with van der Waals surface area (Å²) in [6, 6.07) is 10.9. The smallest absolute Gasteiger partial charge is 0.504 e. The van der Waals surface area contributed by atoms with Gasteiger partial charge in [-0.15, -0.1) is 0 Å². The molecule has 0 heterocycles. The Hall–Kier alpha value is -2.46. The van der Waals surface area contributed by atoms with Gasteiger partial charge in [-0.05, 0) is 48.9 Å². The van der Waals surface area contributed by atoms with Crippen LogP contribution >= 0.6 is 0 Å². The van der Waals surface area contributed by atoms with Crippen LogP contribution < -0.4 is 20.1 Å². The molecule has 9 heteroatoms. The first-order valence-corrected chi connectivity index (χ1v) is 13.4. The van der Waals surface area contributed by atoms with E-state index in [1.54, 1.807) is 24.6 Å². The number of rotatable bonds is 17. The molecular weight excluding hydrogens is 550 g/mol. The Morgan fingerprint density at radius 1 is 0.718 bits per heavy atom. The zero-order valence-electron chi connectivity index (χ0n) is 24.5. The Morgan fingerprint density at radius 3 is 1.46 bits per heavy atom. The van der Waals surface area contributed by atoms with Crippen LogP contribution in [0.25, 0.3) is 0 Å². The van der Waals surface area contributed by atoms with Crippen LogP contribution in [0.1, 0.15) is 52.7 Å². The molecule has 0 aromatic heterocycles. The third kappa shape index (κ3) is 12.5. The molecule has 0 aliphatic heterocycles. The van der Waals surface area contributed by atoms with Gasteiger partial charge in [-0.25, -0.2) is 0 Å². The minimum atomic E-state index is -0.0251. The number of phenols is 2. The summed E-state index contributed by atoms with van der Waals surface area (Å²) in [7, 11) is 0. The number of aromatic hydroxyl groups is 2. The number of hydrogen-bond donors (Lipinski definition) is 4. The standard InChI is InChI=1S/C30H46N4O4.Ga/c1-7-37-25-13-9-11-23(27(25)35)17-33-21-29(3,4)19-31-15-16-32-20-30(5,6)22-34-18-24-12-10-14-26(28(24)36)38-8-2;/h9-14,17-18,31-32,35-36H,7-8,15-16,19-22H2,1-6H3;/q;+3. The van der Waals surface area contributed by atoms with Crippen molar-refractivity contribution >= 4 is 32.2 Å². The zero-order chi connectivity index (χ0) is 28.0. The summed E-state index contributed by atoms with van der Waals surface area (Å²) in [5.74, 6) is 1.21. The van der Waals surface area contributed by atoms with Crippen molar-refractivity contribution in [1.29, 1.82) is 0 Å². The van der Waals surface area contributed by atoms with Gasteiger partial charge in [-0.3, -0.25) is 9.98 Å². The minimum Gasteiger partial charge on any atom is -0.504 e. The van der Waals surface area contributed by atoms with E-state index in [1.807, 2.05) is 38.1 Å². The van der Waals surface area contributed by atoms with Crippen molar-refractivity contribution < 1.29 is 19.7 Å². The number of benzene rings is 2. The van der Waals surface area contributed by atoms with Crippen LogP contribution in [0, 0.1) is 10.8 Å². The van der Waals surface area contributed by atoms with Gasteiger partial charge >= 0.3 is 19.8 Å². The van der Waals surface area contributed by atoms with Gasteiger partial charge in [0.25, 0.3) is 0 Å². The third-order valence-corrected chi connectivity index (χ3v) is 5.85. The quantitative estimate of drug-likeness (QED) is 0.123. The summed E-state index contributed by atoms with van der Waals surface area (Å²) in [6.07, 6.45) is 3.42. The van der Waals surface area contributed by atoms with E-state index >= 15 is 0 Å². The fraction of sp³-hybridized carbons (Fsp3) is 0.533. The molecule has 0 spiro atoms. The zero-order valence-corrected chi connectivity index (χ0v) is 26.9. The van der Waals surface area contributed by atoms with Crippen LogP contribution in [-0.2, 0) is 0 Å². The Labute approximate surface area is 247 Å². The van der Waals surface area contributed by atoms with E-state index < -0.39 is 0 Å². The Bertz CT molecular complexity index is 974. The topological polar surface area (TPSA) is 108 Å². The second kappa shape index (κ2) is 17.3. The predicted molar refractivity (Wildman–Crippen MR) is 163 cm³/mol. The Kier molecular flexibility index (Phi) is 15.3. The molecule has 0 amide bonds. The molecule has 2 rings (SSSR count). The van der Waals surface area contributed by atoms with E-state index in [0.717, 1.165) is 26.2 Å². The molecule has 0 fully saturated rings. The monoisotopic (exact) mass is 595 g/mol. The molecule has 8 nitrogen and oxygen atoms in total. The first-order chi connectivity index (χ1) is 18.1. The van der Waals surface area contributed by atoms with Crippen LogP contribution in [0.15, 0.2) is 46.4 Å². The second-order valence-electron chi connectivity index (χ2n) is 10.9. The van der Waals surface area contributed by atoms with Crippen molar-refractivity contribution in [2.45, 2.75) is 41.5 Å². The van der Waals surface area contributed by atoms with Crippen molar-refractivity contribution in [1.82, 2.24) is 10.6 Å². The molecular formula is C30H46GaN4O4+3. The van der Waals surface area contributed by atoms with Gasteiger partial charge in [0.2, 0.25) is 0 Å². The van der Waals surface area contributed by atoms with Crippen molar-refractivity contribution in [3.05, 3.63) is 47.5 Å². The molecule has 0 aliphatic carbocycles. The van der Waals surface area contributed by atoms with E-state index in [0.29, 0.717) is 48.9 Å². The van der Waals surface area contributed by atoms with Crippen molar-refractivity contribution in [2.75, 3.05) is 52.5 Å². The van der Waals surface area contributed by atoms with Gasteiger partial charge < -0.3 is 30.3 Å². The number of para-hydroxylation sites is 2. The average Bonchev–Trinajstić information content (AvgIpc) is 2.86. The molecule has 210 valence electrons. The number of aliphatic imine (C=N–C) groups is 2. The number of nitrogens with zero attached hydrogens (tertiary/aromatic N) is 2. The van der Waals surface area contributed by atoms with Crippen LogP contribution in [0.5, 0.6) is 23.0 Å². The first-order valence-electron chi connectivity index (χ1n) is 13.4. The first kappa shape index (κ1) is 34.6. The third-order valence-electron chi connectivity index (χ3n) is 5.85. The summed E-state index contributed by atoms with van der Waals surface area (Å²) in [4.78, 5) is 9.12. The van der Waals surface area contributed by atoms with Crippen LogP contribution in [0.2, 0.25) is 0 Å². The molecule has 2 aromatic carbocycles. The molecule has 0 unspecified atom stereocenters. The SMILES string of the molecule is CCOc1cccc(C=NCC(C)(C)CNCCNCC(C)(C)CN=Cc2cccc(OCC)c2O)c1O.[Ga+3]. The van der Waals surface area contributed by atoms with Crippen molar-refractivity contribution in [3.8, 4) is 23.0 Å². The molecule has 0 radical (unpaired) electrons.